The Morgan fingerprint density at radius 1 is 0.935 bits per heavy atom. The summed E-state index contributed by atoms with van der Waals surface area (Å²) in [6, 6.07) is 7.67. The largest absolute Gasteiger partial charge is 0.493 e. The quantitative estimate of drug-likeness (QED) is 0.598. The number of ether oxygens (including phenoxy) is 3. The van der Waals surface area contributed by atoms with E-state index in [1.807, 2.05) is 4.90 Å². The number of rotatable bonds is 5. The zero-order valence-electron chi connectivity index (χ0n) is 18.5. The molecule has 3 aromatic rings. The molecule has 1 aromatic heterocycles. The second-order valence-corrected chi connectivity index (χ2v) is 8.54. The highest BCUT2D eigenvalue weighted by molar-refractivity contribution is 7.22. The minimum atomic E-state index is -0.0464. The van der Waals surface area contributed by atoms with Crippen LogP contribution in [0.4, 0.5) is 5.13 Å². The molecule has 31 heavy (non-hydrogen) atoms. The van der Waals surface area contributed by atoms with E-state index in [0.29, 0.717) is 35.9 Å². The summed E-state index contributed by atoms with van der Waals surface area (Å²) in [6.07, 6.45) is 0. The van der Waals surface area contributed by atoms with Crippen molar-refractivity contribution >= 4 is 32.6 Å². The maximum Gasteiger partial charge on any atom is 0.254 e. The van der Waals surface area contributed by atoms with Crippen LogP contribution in [-0.4, -0.2) is 63.3 Å². The first-order valence-corrected chi connectivity index (χ1v) is 11.0. The number of nitrogens with zero attached hydrogens (tertiary/aromatic N) is 3. The molecule has 2 aromatic carbocycles. The molecule has 0 atom stereocenters. The molecule has 0 aliphatic carbocycles. The Morgan fingerprint density at radius 2 is 1.55 bits per heavy atom. The molecular formula is C23H27N3O4S. The van der Waals surface area contributed by atoms with Crippen LogP contribution in [-0.2, 0) is 0 Å². The summed E-state index contributed by atoms with van der Waals surface area (Å²) in [5.41, 5.74) is 4.05. The number of amides is 1. The number of anilines is 1. The summed E-state index contributed by atoms with van der Waals surface area (Å²) in [4.78, 5) is 22.2. The maximum absolute atomic E-state index is 13.2. The highest BCUT2D eigenvalue weighted by Crippen LogP contribution is 2.39. The zero-order chi connectivity index (χ0) is 22.1. The molecule has 0 unspecified atom stereocenters. The van der Waals surface area contributed by atoms with Gasteiger partial charge in [0, 0.05) is 31.7 Å². The fourth-order valence-electron chi connectivity index (χ4n) is 3.87. The van der Waals surface area contributed by atoms with Gasteiger partial charge in [-0.2, -0.15) is 0 Å². The lowest BCUT2D eigenvalue weighted by atomic mass is 10.1. The van der Waals surface area contributed by atoms with Gasteiger partial charge >= 0.3 is 0 Å². The van der Waals surface area contributed by atoms with Crippen LogP contribution >= 0.6 is 11.3 Å². The van der Waals surface area contributed by atoms with Crippen molar-refractivity contribution in [3.63, 3.8) is 0 Å². The van der Waals surface area contributed by atoms with Crippen molar-refractivity contribution in [1.82, 2.24) is 9.88 Å². The summed E-state index contributed by atoms with van der Waals surface area (Å²) >= 11 is 1.73. The van der Waals surface area contributed by atoms with Crippen molar-refractivity contribution in [2.75, 3.05) is 52.4 Å². The first kappa shape index (κ1) is 21.2. The Bertz CT molecular complexity index is 1060. The topological polar surface area (TPSA) is 64.1 Å². The van der Waals surface area contributed by atoms with Gasteiger partial charge < -0.3 is 24.0 Å². The van der Waals surface area contributed by atoms with Gasteiger partial charge in [-0.15, -0.1) is 0 Å². The number of carbonyl (C=O) groups is 1. The number of aryl methyl sites for hydroxylation is 2. The van der Waals surface area contributed by atoms with Crippen molar-refractivity contribution < 1.29 is 19.0 Å². The molecule has 164 valence electrons. The Kier molecular flexibility index (Phi) is 5.91. The fraction of sp³-hybridized carbons (Fsp3) is 0.391. The summed E-state index contributed by atoms with van der Waals surface area (Å²) in [7, 11) is 4.64. The normalized spacial score (nSPS) is 14.1. The standard InChI is InChI=1S/C23H27N3O4S/c1-14-6-7-15(2)21-19(14)24-23(31-21)26-10-8-25(9-11-26)22(27)16-12-17(28-3)20(30-5)18(13-16)29-4/h6-7,12-13H,8-11H2,1-5H3. The van der Waals surface area contributed by atoms with Crippen molar-refractivity contribution in [2.24, 2.45) is 0 Å². The van der Waals surface area contributed by atoms with Gasteiger partial charge in [0.2, 0.25) is 5.75 Å². The number of aromatic nitrogens is 1. The minimum absolute atomic E-state index is 0.0464. The Balaban J connectivity index is 1.51. The molecule has 0 saturated carbocycles. The lowest BCUT2D eigenvalue weighted by molar-refractivity contribution is 0.0746. The van der Waals surface area contributed by atoms with Crippen molar-refractivity contribution in [1.29, 1.82) is 0 Å². The van der Waals surface area contributed by atoms with Crippen LogP contribution in [0.15, 0.2) is 24.3 Å². The number of thiazole rings is 1. The molecule has 4 rings (SSSR count). The van der Waals surface area contributed by atoms with Crippen LogP contribution in [0, 0.1) is 13.8 Å². The van der Waals surface area contributed by atoms with E-state index in [9.17, 15) is 4.79 Å². The van der Waals surface area contributed by atoms with Crippen LogP contribution < -0.4 is 19.1 Å². The lowest BCUT2D eigenvalue weighted by Gasteiger charge is -2.34. The number of carbonyl (C=O) groups excluding carboxylic acids is 1. The van der Waals surface area contributed by atoms with E-state index >= 15 is 0 Å². The van der Waals surface area contributed by atoms with Gasteiger partial charge in [0.25, 0.3) is 5.91 Å². The Morgan fingerprint density at radius 3 is 2.10 bits per heavy atom. The van der Waals surface area contributed by atoms with Gasteiger partial charge in [-0.05, 0) is 37.1 Å². The van der Waals surface area contributed by atoms with Gasteiger partial charge in [0.15, 0.2) is 16.6 Å². The number of piperazine rings is 1. The molecule has 1 amide bonds. The highest BCUT2D eigenvalue weighted by Gasteiger charge is 2.26. The summed E-state index contributed by atoms with van der Waals surface area (Å²) in [5.74, 6) is 1.38. The third-order valence-corrected chi connectivity index (χ3v) is 6.93. The average molecular weight is 442 g/mol. The fourth-order valence-corrected chi connectivity index (χ4v) is 5.03. The third-order valence-electron chi connectivity index (χ3n) is 5.68. The molecule has 1 fully saturated rings. The van der Waals surface area contributed by atoms with Crippen LogP contribution in [0.1, 0.15) is 21.5 Å². The predicted octanol–water partition coefficient (Wildman–Crippen LogP) is 3.90. The van der Waals surface area contributed by atoms with E-state index in [1.54, 1.807) is 44.8 Å². The van der Waals surface area contributed by atoms with Crippen LogP contribution in [0.3, 0.4) is 0 Å². The predicted molar refractivity (Wildman–Crippen MR) is 123 cm³/mol. The van der Waals surface area contributed by atoms with Crippen LogP contribution in [0.2, 0.25) is 0 Å². The van der Waals surface area contributed by atoms with E-state index < -0.39 is 0 Å². The van der Waals surface area contributed by atoms with Gasteiger partial charge in [0.05, 0.1) is 31.5 Å². The molecule has 0 bridgehead atoms. The second-order valence-electron chi connectivity index (χ2n) is 7.57. The molecule has 0 radical (unpaired) electrons. The van der Waals surface area contributed by atoms with Crippen molar-refractivity contribution in [3.05, 3.63) is 41.0 Å². The van der Waals surface area contributed by atoms with Crippen LogP contribution in [0.25, 0.3) is 10.2 Å². The van der Waals surface area contributed by atoms with E-state index in [2.05, 4.69) is 30.9 Å². The third kappa shape index (κ3) is 3.87. The number of fused-ring (bicyclic) bond motifs is 1. The SMILES string of the molecule is COc1cc(C(=O)N2CCN(c3nc4c(C)ccc(C)c4s3)CC2)cc(OC)c1OC. The van der Waals surface area contributed by atoms with Gasteiger partial charge in [0.1, 0.15) is 0 Å². The highest BCUT2D eigenvalue weighted by atomic mass is 32.1. The average Bonchev–Trinajstić information content (AvgIpc) is 3.27. The van der Waals surface area contributed by atoms with E-state index in [-0.39, 0.29) is 5.91 Å². The van der Waals surface area contributed by atoms with Crippen molar-refractivity contribution in [3.8, 4) is 17.2 Å². The molecule has 1 aliphatic rings. The first-order valence-electron chi connectivity index (χ1n) is 10.2. The number of benzene rings is 2. The molecule has 1 saturated heterocycles. The molecule has 7 nitrogen and oxygen atoms in total. The summed E-state index contributed by atoms with van der Waals surface area (Å²) in [6.45, 7) is 6.96. The molecule has 2 heterocycles. The lowest BCUT2D eigenvalue weighted by Crippen LogP contribution is -2.48. The van der Waals surface area contributed by atoms with E-state index in [4.69, 9.17) is 19.2 Å². The summed E-state index contributed by atoms with van der Waals surface area (Å²) < 4.78 is 17.4. The van der Waals surface area contributed by atoms with Gasteiger partial charge in [-0.3, -0.25) is 4.79 Å². The zero-order valence-corrected chi connectivity index (χ0v) is 19.3. The van der Waals surface area contributed by atoms with E-state index in [0.717, 1.165) is 23.7 Å². The molecule has 0 N–H and O–H groups in total. The molecular weight excluding hydrogens is 414 g/mol. The number of methoxy groups -OCH3 is 3. The smallest absolute Gasteiger partial charge is 0.254 e. The molecule has 0 spiro atoms. The maximum atomic E-state index is 13.2. The second kappa shape index (κ2) is 8.63. The van der Waals surface area contributed by atoms with Gasteiger partial charge in [-0.25, -0.2) is 4.98 Å². The molecule has 8 heteroatoms. The monoisotopic (exact) mass is 441 g/mol. The van der Waals surface area contributed by atoms with Crippen LogP contribution in [0.5, 0.6) is 17.2 Å². The Labute approximate surface area is 186 Å². The molecule has 1 aliphatic heterocycles. The summed E-state index contributed by atoms with van der Waals surface area (Å²) in [5, 5.41) is 1.02. The first-order chi connectivity index (χ1) is 15.0. The van der Waals surface area contributed by atoms with Gasteiger partial charge in [-0.1, -0.05) is 23.5 Å². The minimum Gasteiger partial charge on any atom is -0.493 e. The number of hydrogen-bond donors (Lipinski definition) is 0. The Hall–Kier alpha value is -3.00. The number of hydrogen-bond acceptors (Lipinski definition) is 7. The van der Waals surface area contributed by atoms with E-state index in [1.165, 1.54) is 15.8 Å². The van der Waals surface area contributed by atoms with Crippen molar-refractivity contribution in [2.45, 2.75) is 13.8 Å².